The molecular formula is C20H17ClN6S. The van der Waals surface area contributed by atoms with Gasteiger partial charge in [0.15, 0.2) is 5.82 Å². The van der Waals surface area contributed by atoms with Gasteiger partial charge in [0.05, 0.1) is 23.2 Å². The first-order valence-electron chi connectivity index (χ1n) is 8.64. The van der Waals surface area contributed by atoms with E-state index < -0.39 is 0 Å². The monoisotopic (exact) mass is 408 g/mol. The van der Waals surface area contributed by atoms with Crippen LogP contribution in [0.25, 0.3) is 17.1 Å². The number of hydrogen-bond acceptors (Lipinski definition) is 4. The van der Waals surface area contributed by atoms with Gasteiger partial charge in [0, 0.05) is 5.56 Å². The van der Waals surface area contributed by atoms with Crippen LogP contribution in [0.2, 0.25) is 5.15 Å². The summed E-state index contributed by atoms with van der Waals surface area (Å²) in [5, 5.41) is 16.6. The van der Waals surface area contributed by atoms with E-state index in [9.17, 15) is 0 Å². The fourth-order valence-electron chi connectivity index (χ4n) is 2.80. The molecule has 2 heterocycles. The fourth-order valence-corrected chi connectivity index (χ4v) is 3.30. The number of benzene rings is 2. The van der Waals surface area contributed by atoms with Crippen LogP contribution in [0, 0.1) is 18.6 Å². The van der Waals surface area contributed by atoms with Crippen molar-refractivity contribution in [3.8, 4) is 17.1 Å². The van der Waals surface area contributed by atoms with Crippen molar-refractivity contribution < 1.29 is 0 Å². The van der Waals surface area contributed by atoms with E-state index >= 15 is 0 Å². The number of aromatic amines is 1. The third kappa shape index (κ3) is 3.42. The van der Waals surface area contributed by atoms with Gasteiger partial charge in [0.1, 0.15) is 5.15 Å². The van der Waals surface area contributed by atoms with Crippen LogP contribution in [0.4, 0.5) is 0 Å². The second-order valence-corrected chi connectivity index (χ2v) is 7.06. The van der Waals surface area contributed by atoms with Gasteiger partial charge >= 0.3 is 0 Å². The van der Waals surface area contributed by atoms with Crippen LogP contribution in [0.5, 0.6) is 0 Å². The number of para-hydroxylation sites is 1. The zero-order valence-corrected chi connectivity index (χ0v) is 16.9. The largest absolute Gasteiger partial charge is 0.250 e. The van der Waals surface area contributed by atoms with Gasteiger partial charge in [-0.1, -0.05) is 59.6 Å². The first-order chi connectivity index (χ1) is 13.5. The molecule has 0 atom stereocenters. The fraction of sp³-hybridized carbons (Fsp3) is 0.100. The summed E-state index contributed by atoms with van der Waals surface area (Å²) in [4.78, 5) is 0. The van der Waals surface area contributed by atoms with Gasteiger partial charge in [-0.2, -0.15) is 20.0 Å². The van der Waals surface area contributed by atoms with E-state index in [1.54, 1.807) is 15.6 Å². The lowest BCUT2D eigenvalue weighted by Gasteiger charge is -2.02. The Labute approximate surface area is 172 Å². The van der Waals surface area contributed by atoms with Crippen LogP contribution in [0.3, 0.4) is 0 Å². The average Bonchev–Trinajstić information content (AvgIpc) is 3.21. The van der Waals surface area contributed by atoms with Crippen molar-refractivity contribution in [2.45, 2.75) is 13.8 Å². The SMILES string of the molecule is Cc1ccc(-c2n[nH]c(=S)n2N=Cc2c(C)nn(-c3ccccc3)c2Cl)cc1. The predicted octanol–water partition coefficient (Wildman–Crippen LogP) is 4.95. The van der Waals surface area contributed by atoms with Gasteiger partial charge in [0.2, 0.25) is 4.77 Å². The number of aromatic nitrogens is 5. The Bertz CT molecular complexity index is 1200. The summed E-state index contributed by atoms with van der Waals surface area (Å²) in [5.74, 6) is 0.630. The second-order valence-electron chi connectivity index (χ2n) is 6.31. The van der Waals surface area contributed by atoms with E-state index in [-0.39, 0.29) is 0 Å². The Kier molecular flexibility index (Phi) is 4.93. The summed E-state index contributed by atoms with van der Waals surface area (Å²) >= 11 is 11.9. The third-order valence-electron chi connectivity index (χ3n) is 4.31. The Balaban J connectivity index is 1.73. The normalized spacial score (nSPS) is 11.4. The molecule has 0 amide bonds. The van der Waals surface area contributed by atoms with Gasteiger partial charge in [-0.05, 0) is 38.2 Å². The van der Waals surface area contributed by atoms with Crippen molar-refractivity contribution in [3.05, 3.63) is 81.3 Å². The number of nitrogens with one attached hydrogen (secondary N) is 1. The van der Waals surface area contributed by atoms with Crippen LogP contribution < -0.4 is 0 Å². The zero-order valence-electron chi connectivity index (χ0n) is 15.3. The third-order valence-corrected chi connectivity index (χ3v) is 4.94. The highest BCUT2D eigenvalue weighted by Gasteiger charge is 2.14. The van der Waals surface area contributed by atoms with Crippen molar-refractivity contribution in [1.82, 2.24) is 24.7 Å². The summed E-state index contributed by atoms with van der Waals surface area (Å²) in [6.45, 7) is 3.93. The van der Waals surface area contributed by atoms with Crippen molar-refractivity contribution in [2.24, 2.45) is 5.10 Å². The number of nitrogens with zero attached hydrogens (tertiary/aromatic N) is 5. The Morgan fingerprint density at radius 2 is 1.79 bits per heavy atom. The number of H-pyrrole nitrogens is 1. The van der Waals surface area contributed by atoms with Gasteiger partial charge < -0.3 is 0 Å². The molecule has 1 N–H and O–H groups in total. The Morgan fingerprint density at radius 1 is 1.07 bits per heavy atom. The molecule has 0 bridgehead atoms. The van der Waals surface area contributed by atoms with Gasteiger partial charge in [-0.15, -0.1) is 0 Å². The summed E-state index contributed by atoms with van der Waals surface area (Å²) in [6, 6.07) is 17.7. The number of aryl methyl sites for hydroxylation is 2. The molecule has 4 aromatic rings. The molecule has 0 aliphatic heterocycles. The standard InChI is InChI=1S/C20H17ClN6S/c1-13-8-10-15(11-9-13)19-23-24-20(28)27(19)22-12-17-14(2)25-26(18(17)21)16-6-4-3-5-7-16/h3-12H,1-2H3,(H,24,28). The van der Waals surface area contributed by atoms with Crippen LogP contribution in [-0.4, -0.2) is 30.9 Å². The van der Waals surface area contributed by atoms with Crippen molar-refractivity contribution >= 4 is 30.0 Å². The summed E-state index contributed by atoms with van der Waals surface area (Å²) < 4.78 is 3.67. The summed E-state index contributed by atoms with van der Waals surface area (Å²) in [6.07, 6.45) is 1.66. The van der Waals surface area contributed by atoms with E-state index in [4.69, 9.17) is 23.8 Å². The summed E-state index contributed by atoms with van der Waals surface area (Å²) in [7, 11) is 0. The highest BCUT2D eigenvalue weighted by molar-refractivity contribution is 7.71. The second kappa shape index (κ2) is 7.53. The lowest BCUT2D eigenvalue weighted by molar-refractivity contribution is 0.863. The van der Waals surface area contributed by atoms with Crippen LogP contribution in [0.1, 0.15) is 16.8 Å². The quantitative estimate of drug-likeness (QED) is 0.384. The summed E-state index contributed by atoms with van der Waals surface area (Å²) in [5.41, 5.74) is 4.46. The first-order valence-corrected chi connectivity index (χ1v) is 9.42. The first kappa shape index (κ1) is 18.3. The minimum Gasteiger partial charge on any atom is -0.250 e. The van der Waals surface area contributed by atoms with E-state index in [0.29, 0.717) is 15.7 Å². The molecule has 0 unspecified atom stereocenters. The highest BCUT2D eigenvalue weighted by Crippen LogP contribution is 2.23. The molecular weight excluding hydrogens is 392 g/mol. The molecule has 0 saturated heterocycles. The molecule has 0 saturated carbocycles. The maximum absolute atomic E-state index is 6.57. The number of hydrogen-bond donors (Lipinski definition) is 1. The Morgan fingerprint density at radius 3 is 2.50 bits per heavy atom. The molecule has 4 rings (SSSR count). The van der Waals surface area contributed by atoms with Crippen molar-refractivity contribution in [3.63, 3.8) is 0 Å². The smallest absolute Gasteiger partial charge is 0.216 e. The minimum atomic E-state index is 0.399. The van der Waals surface area contributed by atoms with Gasteiger partial charge in [-0.25, -0.2) is 9.78 Å². The average molecular weight is 409 g/mol. The predicted molar refractivity (Wildman–Crippen MR) is 114 cm³/mol. The maximum Gasteiger partial charge on any atom is 0.216 e. The molecule has 28 heavy (non-hydrogen) atoms. The molecule has 140 valence electrons. The molecule has 0 aliphatic rings. The van der Waals surface area contributed by atoms with Gasteiger partial charge in [0.25, 0.3) is 0 Å². The highest BCUT2D eigenvalue weighted by atomic mass is 35.5. The topological polar surface area (TPSA) is 63.8 Å². The molecule has 2 aromatic heterocycles. The molecule has 0 aliphatic carbocycles. The van der Waals surface area contributed by atoms with Gasteiger partial charge in [-0.3, -0.25) is 0 Å². The van der Waals surface area contributed by atoms with Crippen molar-refractivity contribution in [2.75, 3.05) is 0 Å². The molecule has 0 spiro atoms. The zero-order chi connectivity index (χ0) is 19.7. The molecule has 2 aromatic carbocycles. The lowest BCUT2D eigenvalue weighted by Crippen LogP contribution is -1.97. The van der Waals surface area contributed by atoms with Crippen LogP contribution in [-0.2, 0) is 0 Å². The number of rotatable bonds is 4. The van der Waals surface area contributed by atoms with E-state index in [1.807, 2.05) is 68.4 Å². The van der Waals surface area contributed by atoms with E-state index in [2.05, 4.69) is 20.4 Å². The Hall–Kier alpha value is -3.03. The molecule has 8 heteroatoms. The molecule has 0 fully saturated rings. The maximum atomic E-state index is 6.57. The van der Waals surface area contributed by atoms with E-state index in [1.165, 1.54) is 5.56 Å². The van der Waals surface area contributed by atoms with Crippen LogP contribution >= 0.6 is 23.8 Å². The lowest BCUT2D eigenvalue weighted by atomic mass is 10.1. The van der Waals surface area contributed by atoms with Crippen molar-refractivity contribution in [1.29, 1.82) is 0 Å². The van der Waals surface area contributed by atoms with Crippen LogP contribution in [0.15, 0.2) is 59.7 Å². The molecule has 6 nitrogen and oxygen atoms in total. The van der Waals surface area contributed by atoms with E-state index in [0.717, 1.165) is 22.5 Å². The number of halogens is 1. The minimum absolute atomic E-state index is 0.399. The molecule has 0 radical (unpaired) electrons.